The molecule has 0 saturated carbocycles. The Balaban J connectivity index is 0.00000420. The van der Waals surface area contributed by atoms with Crippen LogP contribution in [0.2, 0.25) is 0 Å². The summed E-state index contributed by atoms with van der Waals surface area (Å²) in [7, 11) is 0. The first-order chi connectivity index (χ1) is 13.0. The molecular weight excluding hydrogens is 370 g/mol. The number of nitrogens with one attached hydrogen (secondary N) is 1. The van der Waals surface area contributed by atoms with Gasteiger partial charge in [-0.15, -0.1) is 0 Å². The van der Waals surface area contributed by atoms with Crippen LogP contribution >= 0.6 is 11.8 Å². The van der Waals surface area contributed by atoms with Gasteiger partial charge in [0, 0.05) is 22.9 Å². The molecule has 0 spiro atoms. The van der Waals surface area contributed by atoms with Crippen molar-refractivity contribution in [3.8, 4) is 0 Å². The maximum atomic E-state index is 4.08. The van der Waals surface area contributed by atoms with Crippen LogP contribution in [0.4, 0.5) is 5.69 Å². The molecule has 0 aromatic heterocycles. The quantitative estimate of drug-likeness (QED) is 0.511. The van der Waals surface area contributed by atoms with E-state index in [9.17, 15) is 0 Å². The SMILES string of the molecule is C.C=C(C)Nc1c(C)c(C)c(C)c(C)c1CSCc1c(C)c(C)c(C)c(C)c1C. The second-order valence-electron chi connectivity index (χ2n) is 8.36. The van der Waals surface area contributed by atoms with E-state index in [1.807, 2.05) is 18.7 Å². The van der Waals surface area contributed by atoms with Crippen LogP contribution < -0.4 is 5.32 Å². The maximum Gasteiger partial charge on any atom is 0.0457 e. The van der Waals surface area contributed by atoms with Crippen LogP contribution in [-0.4, -0.2) is 0 Å². The zero-order valence-corrected chi connectivity index (χ0v) is 20.3. The lowest BCUT2D eigenvalue weighted by Crippen LogP contribution is -2.07. The van der Waals surface area contributed by atoms with Crippen LogP contribution in [-0.2, 0) is 11.5 Å². The van der Waals surface area contributed by atoms with E-state index in [0.29, 0.717) is 0 Å². The molecule has 2 aromatic rings. The summed E-state index contributed by atoms with van der Waals surface area (Å²) >= 11 is 2.02. The van der Waals surface area contributed by atoms with Gasteiger partial charge in [0.25, 0.3) is 0 Å². The first-order valence-electron chi connectivity index (χ1n) is 10.1. The first-order valence-corrected chi connectivity index (χ1v) is 11.3. The Labute approximate surface area is 184 Å². The van der Waals surface area contributed by atoms with Gasteiger partial charge >= 0.3 is 0 Å². The van der Waals surface area contributed by atoms with Gasteiger partial charge in [0.1, 0.15) is 0 Å². The molecule has 0 aliphatic heterocycles. The van der Waals surface area contributed by atoms with Gasteiger partial charge in [0.15, 0.2) is 0 Å². The van der Waals surface area contributed by atoms with Gasteiger partial charge in [0.05, 0.1) is 0 Å². The number of allylic oxidation sites excluding steroid dienone is 1. The smallest absolute Gasteiger partial charge is 0.0457 e. The number of anilines is 1. The second kappa shape index (κ2) is 9.89. The third-order valence-corrected chi connectivity index (χ3v) is 7.79. The average molecular weight is 412 g/mol. The normalized spacial score (nSPS) is 10.7. The second-order valence-corrected chi connectivity index (χ2v) is 9.34. The number of hydrogen-bond acceptors (Lipinski definition) is 2. The van der Waals surface area contributed by atoms with Crippen molar-refractivity contribution in [2.24, 2.45) is 0 Å². The van der Waals surface area contributed by atoms with E-state index in [2.05, 4.69) is 74.2 Å². The summed E-state index contributed by atoms with van der Waals surface area (Å²) in [5.41, 5.74) is 18.0. The maximum absolute atomic E-state index is 4.08. The Hall–Kier alpha value is -1.67. The Morgan fingerprint density at radius 3 is 1.41 bits per heavy atom. The molecule has 0 atom stereocenters. The summed E-state index contributed by atoms with van der Waals surface area (Å²) < 4.78 is 0. The van der Waals surface area contributed by atoms with Crippen molar-refractivity contribution in [1.82, 2.24) is 0 Å². The van der Waals surface area contributed by atoms with E-state index < -0.39 is 0 Å². The van der Waals surface area contributed by atoms with Crippen LogP contribution in [0.25, 0.3) is 0 Å². The Kier molecular flexibility index (Phi) is 8.65. The highest BCUT2D eigenvalue weighted by atomic mass is 32.2. The highest BCUT2D eigenvalue weighted by molar-refractivity contribution is 7.97. The zero-order valence-electron chi connectivity index (χ0n) is 19.5. The fraction of sp³-hybridized carbons (Fsp3) is 0.481. The fourth-order valence-electron chi connectivity index (χ4n) is 4.00. The zero-order chi connectivity index (χ0) is 21.3. The van der Waals surface area contributed by atoms with E-state index in [1.54, 1.807) is 0 Å². The molecule has 0 amide bonds. The van der Waals surface area contributed by atoms with Crippen molar-refractivity contribution in [3.05, 3.63) is 73.5 Å². The third kappa shape index (κ3) is 4.91. The predicted octanol–water partition coefficient (Wildman–Crippen LogP) is 8.48. The summed E-state index contributed by atoms with van der Waals surface area (Å²) in [5, 5.41) is 3.54. The van der Waals surface area contributed by atoms with Crippen LogP contribution in [0.1, 0.15) is 75.5 Å². The average Bonchev–Trinajstić information content (AvgIpc) is 2.65. The van der Waals surface area contributed by atoms with Gasteiger partial charge in [0.2, 0.25) is 0 Å². The van der Waals surface area contributed by atoms with Crippen molar-refractivity contribution < 1.29 is 0 Å². The molecule has 0 aliphatic carbocycles. The van der Waals surface area contributed by atoms with Crippen molar-refractivity contribution in [3.63, 3.8) is 0 Å². The summed E-state index contributed by atoms with van der Waals surface area (Å²) in [6, 6.07) is 0. The van der Waals surface area contributed by atoms with Gasteiger partial charge in [-0.25, -0.2) is 0 Å². The van der Waals surface area contributed by atoms with Gasteiger partial charge < -0.3 is 5.32 Å². The third-order valence-electron chi connectivity index (χ3n) is 6.80. The van der Waals surface area contributed by atoms with E-state index >= 15 is 0 Å². The van der Waals surface area contributed by atoms with Crippen LogP contribution in [0.15, 0.2) is 12.3 Å². The Bertz CT molecular complexity index is 906. The molecule has 160 valence electrons. The molecule has 29 heavy (non-hydrogen) atoms. The van der Waals surface area contributed by atoms with Crippen LogP contribution in [0.5, 0.6) is 0 Å². The Morgan fingerprint density at radius 1 is 0.621 bits per heavy atom. The van der Waals surface area contributed by atoms with Crippen LogP contribution in [0.3, 0.4) is 0 Å². The van der Waals surface area contributed by atoms with E-state index in [0.717, 1.165) is 17.2 Å². The molecule has 1 nitrogen and oxygen atoms in total. The molecule has 0 fully saturated rings. The molecular formula is C27H41NS. The minimum Gasteiger partial charge on any atom is -0.359 e. The Morgan fingerprint density at radius 2 is 0.966 bits per heavy atom. The summed E-state index contributed by atoms with van der Waals surface area (Å²) in [4.78, 5) is 0. The van der Waals surface area contributed by atoms with Gasteiger partial charge in [-0.05, 0) is 130 Å². The number of rotatable bonds is 6. The highest BCUT2D eigenvalue weighted by Gasteiger charge is 2.17. The highest BCUT2D eigenvalue weighted by Crippen LogP contribution is 2.36. The number of hydrogen-bond donors (Lipinski definition) is 1. The largest absolute Gasteiger partial charge is 0.359 e. The number of thioether (sulfide) groups is 1. The lowest BCUT2D eigenvalue weighted by Gasteiger charge is -2.23. The predicted molar refractivity (Wildman–Crippen MR) is 136 cm³/mol. The van der Waals surface area contributed by atoms with Crippen molar-refractivity contribution in [2.45, 2.75) is 88.2 Å². The molecule has 2 rings (SSSR count). The summed E-state index contributed by atoms with van der Waals surface area (Å²) in [5.74, 6) is 2.06. The molecule has 0 heterocycles. The van der Waals surface area contributed by atoms with Crippen LogP contribution in [0, 0.1) is 62.3 Å². The van der Waals surface area contributed by atoms with Crippen molar-refractivity contribution >= 4 is 17.4 Å². The molecule has 0 unspecified atom stereocenters. The summed E-state index contributed by atoms with van der Waals surface area (Å²) in [6.07, 6.45) is 0. The fourth-order valence-corrected chi connectivity index (χ4v) is 5.31. The molecule has 0 saturated heterocycles. The standard InChI is InChI=1S/C26H37NS.CH4/c1-14(2)27-26-23(11)19(7)18(6)22(10)25(26)13-28-12-24-20(8)16(4)15(3)17(5)21(24)9;/h27H,1,12-13H2,2-11H3;1H4. The molecule has 0 bridgehead atoms. The molecule has 0 radical (unpaired) electrons. The molecule has 0 aliphatic rings. The lowest BCUT2D eigenvalue weighted by atomic mass is 9.90. The minimum absolute atomic E-state index is 0. The van der Waals surface area contributed by atoms with Gasteiger partial charge in [-0.1, -0.05) is 14.0 Å². The monoisotopic (exact) mass is 411 g/mol. The lowest BCUT2D eigenvalue weighted by molar-refractivity contribution is 1.11. The van der Waals surface area contributed by atoms with E-state index in [-0.39, 0.29) is 7.43 Å². The first kappa shape index (κ1) is 25.4. The summed E-state index contributed by atoms with van der Waals surface area (Å²) in [6.45, 7) is 26.4. The van der Waals surface area contributed by atoms with E-state index in [4.69, 9.17) is 0 Å². The van der Waals surface area contributed by atoms with Gasteiger partial charge in [-0.2, -0.15) is 11.8 Å². The topological polar surface area (TPSA) is 12.0 Å². The van der Waals surface area contributed by atoms with Crippen molar-refractivity contribution in [2.75, 3.05) is 5.32 Å². The molecule has 1 N–H and O–H groups in total. The van der Waals surface area contributed by atoms with Gasteiger partial charge in [-0.3, -0.25) is 0 Å². The minimum atomic E-state index is 0. The number of benzene rings is 2. The van der Waals surface area contributed by atoms with E-state index in [1.165, 1.54) is 66.9 Å². The molecule has 2 aromatic carbocycles. The van der Waals surface area contributed by atoms with Crippen molar-refractivity contribution in [1.29, 1.82) is 0 Å². The molecule has 2 heteroatoms.